The molecule has 0 bridgehead atoms. The molecule has 0 saturated carbocycles. The first-order chi connectivity index (χ1) is 21.6. The minimum Gasteiger partial charge on any atom is -0.465 e. The van der Waals surface area contributed by atoms with Crippen molar-refractivity contribution in [2.75, 3.05) is 48.8 Å². The highest BCUT2D eigenvalue weighted by atomic mass is 16.6. The SMILES string of the molecule is COC(=O)c1cccc(C(=O)Nc2cc(Nc3cnccn3)nc(-c3ccnc(N4CCN(C(=O)OC(C)(C)C)CC4)c3)c2)c1. The summed E-state index contributed by atoms with van der Waals surface area (Å²) in [7, 11) is 1.29. The molecule has 1 aromatic carbocycles. The van der Waals surface area contributed by atoms with Crippen molar-refractivity contribution in [3.8, 4) is 11.3 Å². The van der Waals surface area contributed by atoms with Gasteiger partial charge in [0.2, 0.25) is 0 Å². The van der Waals surface area contributed by atoms with Crippen molar-refractivity contribution in [1.82, 2.24) is 24.8 Å². The first kappa shape index (κ1) is 30.9. The lowest BCUT2D eigenvalue weighted by Crippen LogP contribution is -2.50. The zero-order valence-electron chi connectivity index (χ0n) is 25.5. The van der Waals surface area contributed by atoms with E-state index in [0.717, 1.165) is 11.4 Å². The number of nitrogens with zero attached hydrogens (tertiary/aromatic N) is 6. The minimum absolute atomic E-state index is 0.266. The molecule has 0 aliphatic carbocycles. The van der Waals surface area contributed by atoms with Crippen molar-refractivity contribution in [2.45, 2.75) is 26.4 Å². The molecule has 13 heteroatoms. The first-order valence-electron chi connectivity index (χ1n) is 14.3. The van der Waals surface area contributed by atoms with E-state index in [9.17, 15) is 14.4 Å². The number of carbonyl (C=O) groups is 3. The Morgan fingerprint density at radius 2 is 1.64 bits per heavy atom. The molecule has 13 nitrogen and oxygen atoms in total. The van der Waals surface area contributed by atoms with Crippen molar-refractivity contribution in [1.29, 1.82) is 0 Å². The van der Waals surface area contributed by atoms with E-state index in [1.165, 1.54) is 13.2 Å². The molecule has 45 heavy (non-hydrogen) atoms. The Kier molecular flexibility index (Phi) is 9.17. The standard InChI is InChI=1S/C32H34N8O5/c1-32(2,3)45-31(43)40-14-12-39(13-15-40)28-17-21(8-9-35-28)25-18-24(19-26(37-25)38-27-20-33-10-11-34-27)36-29(41)22-6-5-7-23(16-22)30(42)44-4/h5-11,16-20H,12-15H2,1-4H3,(H2,34,36,37,38,41). The van der Waals surface area contributed by atoms with Crippen LogP contribution in [0.4, 0.5) is 27.9 Å². The normalized spacial score (nSPS) is 13.2. The molecule has 2 amide bonds. The number of carbonyl (C=O) groups excluding carboxylic acids is 3. The number of benzene rings is 1. The van der Waals surface area contributed by atoms with E-state index >= 15 is 0 Å². The lowest BCUT2D eigenvalue weighted by atomic mass is 10.1. The minimum atomic E-state index is -0.557. The van der Waals surface area contributed by atoms with Gasteiger partial charge in [0.15, 0.2) is 0 Å². The Morgan fingerprint density at radius 3 is 2.36 bits per heavy atom. The van der Waals surface area contributed by atoms with Gasteiger partial charge in [-0.2, -0.15) is 0 Å². The topological polar surface area (TPSA) is 152 Å². The Hall–Kier alpha value is -5.59. The van der Waals surface area contributed by atoms with Crippen LogP contribution in [-0.2, 0) is 9.47 Å². The second-order valence-electron chi connectivity index (χ2n) is 11.2. The lowest BCUT2D eigenvalue weighted by molar-refractivity contribution is 0.0240. The number of hydrogen-bond acceptors (Lipinski definition) is 11. The summed E-state index contributed by atoms with van der Waals surface area (Å²) in [6.45, 7) is 7.73. The van der Waals surface area contributed by atoms with Crippen LogP contribution in [-0.4, -0.2) is 81.7 Å². The molecule has 4 heterocycles. The maximum Gasteiger partial charge on any atom is 0.410 e. The number of rotatable bonds is 7. The number of esters is 1. The van der Waals surface area contributed by atoms with Crippen LogP contribution in [0.3, 0.4) is 0 Å². The van der Waals surface area contributed by atoms with E-state index in [1.54, 1.807) is 60.0 Å². The van der Waals surface area contributed by atoms with E-state index < -0.39 is 17.5 Å². The predicted molar refractivity (Wildman–Crippen MR) is 169 cm³/mol. The molecule has 0 unspecified atom stereocenters. The molecule has 4 aromatic rings. The van der Waals surface area contributed by atoms with E-state index in [4.69, 9.17) is 14.5 Å². The monoisotopic (exact) mass is 610 g/mol. The highest BCUT2D eigenvalue weighted by Gasteiger charge is 2.26. The number of aromatic nitrogens is 4. The molecule has 5 rings (SSSR count). The van der Waals surface area contributed by atoms with Crippen molar-refractivity contribution in [3.63, 3.8) is 0 Å². The molecule has 232 valence electrons. The van der Waals surface area contributed by atoms with Crippen LogP contribution < -0.4 is 15.5 Å². The van der Waals surface area contributed by atoms with Crippen molar-refractivity contribution < 1.29 is 23.9 Å². The molecule has 3 aromatic heterocycles. The fourth-order valence-electron chi connectivity index (χ4n) is 4.61. The molecule has 1 saturated heterocycles. The zero-order valence-corrected chi connectivity index (χ0v) is 25.5. The van der Waals surface area contributed by atoms with Gasteiger partial charge in [0.05, 0.1) is 24.6 Å². The maximum absolute atomic E-state index is 13.2. The smallest absolute Gasteiger partial charge is 0.410 e. The van der Waals surface area contributed by atoms with Gasteiger partial charge in [0.25, 0.3) is 5.91 Å². The molecule has 1 aliphatic heterocycles. The average Bonchev–Trinajstić information content (AvgIpc) is 3.04. The van der Waals surface area contributed by atoms with Gasteiger partial charge in [-0.15, -0.1) is 0 Å². The van der Waals surface area contributed by atoms with Gasteiger partial charge < -0.3 is 29.9 Å². The number of methoxy groups -OCH3 is 1. The Balaban J connectivity index is 1.39. The predicted octanol–water partition coefficient (Wildman–Crippen LogP) is 4.77. The first-order valence-corrected chi connectivity index (χ1v) is 14.3. The van der Waals surface area contributed by atoms with Gasteiger partial charge in [-0.25, -0.2) is 24.5 Å². The Labute approximate surface area is 260 Å². The summed E-state index contributed by atoms with van der Waals surface area (Å²) in [5.41, 5.74) is 1.79. The Bertz CT molecular complexity index is 1680. The highest BCUT2D eigenvalue weighted by molar-refractivity contribution is 6.06. The van der Waals surface area contributed by atoms with Crippen LogP contribution >= 0.6 is 0 Å². The van der Waals surface area contributed by atoms with Crippen LogP contribution in [0.15, 0.2) is 73.3 Å². The maximum atomic E-state index is 13.2. The van der Waals surface area contributed by atoms with E-state index in [1.807, 2.05) is 32.9 Å². The van der Waals surface area contributed by atoms with Crippen molar-refractivity contribution in [2.24, 2.45) is 0 Å². The van der Waals surface area contributed by atoms with E-state index in [-0.39, 0.29) is 17.2 Å². The highest BCUT2D eigenvalue weighted by Crippen LogP contribution is 2.28. The third kappa shape index (κ3) is 8.07. The van der Waals surface area contributed by atoms with E-state index in [0.29, 0.717) is 49.2 Å². The average molecular weight is 611 g/mol. The summed E-state index contributed by atoms with van der Waals surface area (Å²) in [6.07, 6.45) is 6.06. The summed E-state index contributed by atoms with van der Waals surface area (Å²) in [6, 6.07) is 13.5. The zero-order chi connectivity index (χ0) is 32.0. The van der Waals surface area contributed by atoms with Gasteiger partial charge >= 0.3 is 12.1 Å². The lowest BCUT2D eigenvalue weighted by Gasteiger charge is -2.36. The second-order valence-corrected chi connectivity index (χ2v) is 11.2. The molecule has 1 aliphatic rings. The molecular formula is C32H34N8O5. The molecule has 0 radical (unpaired) electrons. The van der Waals surface area contributed by atoms with Gasteiger partial charge in [-0.3, -0.25) is 9.78 Å². The number of piperazine rings is 1. The molecule has 0 atom stereocenters. The summed E-state index contributed by atoms with van der Waals surface area (Å²) in [5.74, 6) is 0.683. The van der Waals surface area contributed by atoms with Crippen LogP contribution in [0.5, 0.6) is 0 Å². The largest absolute Gasteiger partial charge is 0.465 e. The summed E-state index contributed by atoms with van der Waals surface area (Å²) >= 11 is 0. The van der Waals surface area contributed by atoms with Crippen molar-refractivity contribution >= 4 is 41.1 Å². The number of anilines is 4. The summed E-state index contributed by atoms with van der Waals surface area (Å²) < 4.78 is 10.3. The van der Waals surface area contributed by atoms with Gasteiger partial charge in [0.1, 0.15) is 23.1 Å². The van der Waals surface area contributed by atoms with Crippen LogP contribution in [0.1, 0.15) is 41.5 Å². The molecule has 1 fully saturated rings. The fourth-order valence-corrected chi connectivity index (χ4v) is 4.61. The number of ether oxygens (including phenoxy) is 2. The van der Waals surface area contributed by atoms with Crippen molar-refractivity contribution in [3.05, 3.63) is 84.4 Å². The number of hydrogen-bond donors (Lipinski definition) is 2. The van der Waals surface area contributed by atoms with Crippen LogP contribution in [0.2, 0.25) is 0 Å². The van der Waals surface area contributed by atoms with Gasteiger partial charge in [-0.1, -0.05) is 6.07 Å². The number of amides is 2. The fraction of sp³-hybridized carbons (Fsp3) is 0.281. The van der Waals surface area contributed by atoms with E-state index in [2.05, 4.69) is 30.5 Å². The third-order valence-corrected chi connectivity index (χ3v) is 6.75. The summed E-state index contributed by atoms with van der Waals surface area (Å²) in [5, 5.41) is 6.04. The Morgan fingerprint density at radius 1 is 0.867 bits per heavy atom. The van der Waals surface area contributed by atoms with Gasteiger partial charge in [-0.05, 0) is 57.2 Å². The third-order valence-electron chi connectivity index (χ3n) is 6.75. The summed E-state index contributed by atoms with van der Waals surface area (Å²) in [4.78, 5) is 59.2. The molecular weight excluding hydrogens is 576 g/mol. The molecule has 0 spiro atoms. The quantitative estimate of drug-likeness (QED) is 0.278. The molecule has 2 N–H and O–H groups in total. The number of nitrogens with one attached hydrogen (secondary N) is 2. The second kappa shape index (κ2) is 13.4. The van der Waals surface area contributed by atoms with Crippen LogP contribution in [0.25, 0.3) is 11.3 Å². The van der Waals surface area contributed by atoms with Crippen LogP contribution in [0, 0.1) is 0 Å². The number of pyridine rings is 2. The van der Waals surface area contributed by atoms with Gasteiger partial charge in [0, 0.05) is 67.7 Å².